The van der Waals surface area contributed by atoms with Crippen LogP contribution in [-0.2, 0) is 4.79 Å². The van der Waals surface area contributed by atoms with Gasteiger partial charge < -0.3 is 15.7 Å². The molecule has 1 aliphatic rings. The van der Waals surface area contributed by atoms with Crippen molar-refractivity contribution in [1.29, 1.82) is 0 Å². The number of likely N-dealkylation sites (tertiary alicyclic amines) is 1. The summed E-state index contributed by atoms with van der Waals surface area (Å²) in [5.74, 6) is -1.78. The second-order valence-electron chi connectivity index (χ2n) is 5.39. The van der Waals surface area contributed by atoms with E-state index in [0.29, 0.717) is 25.1 Å². The van der Waals surface area contributed by atoms with Crippen LogP contribution >= 0.6 is 0 Å². The van der Waals surface area contributed by atoms with Crippen LogP contribution in [0, 0.1) is 11.7 Å². The van der Waals surface area contributed by atoms with Crippen molar-refractivity contribution >= 4 is 17.4 Å². The molecule has 1 aromatic rings. The van der Waals surface area contributed by atoms with Gasteiger partial charge in [-0.3, -0.25) is 9.59 Å². The molecule has 1 aliphatic heterocycles. The van der Waals surface area contributed by atoms with Crippen molar-refractivity contribution in [3.8, 4) is 0 Å². The molecule has 0 bridgehead atoms. The average molecular weight is 294 g/mol. The highest BCUT2D eigenvalue weighted by atomic mass is 19.1. The molecule has 114 valence electrons. The Kier molecular flexibility index (Phi) is 4.90. The van der Waals surface area contributed by atoms with Crippen LogP contribution in [0.3, 0.4) is 0 Å². The quantitative estimate of drug-likeness (QED) is 0.639. The van der Waals surface area contributed by atoms with Crippen LogP contribution in [0.25, 0.3) is 0 Å². The van der Waals surface area contributed by atoms with E-state index in [1.807, 2.05) is 4.90 Å². The molecular weight excluding hydrogens is 275 g/mol. The van der Waals surface area contributed by atoms with Gasteiger partial charge in [0.2, 0.25) is 0 Å². The molecule has 2 rings (SSSR count). The summed E-state index contributed by atoms with van der Waals surface area (Å²) in [5, 5.41) is 9.02. The SMILES string of the molecule is Nc1cc(C(=O)CCN2CCCC(C(=O)O)C2)ccc1F. The molecule has 0 spiro atoms. The number of nitrogens with zero attached hydrogens (tertiary/aromatic N) is 1. The number of carbonyl (C=O) groups is 2. The fraction of sp³-hybridized carbons (Fsp3) is 0.467. The normalized spacial score (nSPS) is 19.4. The first-order valence-corrected chi connectivity index (χ1v) is 7.00. The molecule has 3 N–H and O–H groups in total. The van der Waals surface area contributed by atoms with Crippen LogP contribution in [0.5, 0.6) is 0 Å². The van der Waals surface area contributed by atoms with Gasteiger partial charge in [-0.25, -0.2) is 4.39 Å². The second-order valence-corrected chi connectivity index (χ2v) is 5.39. The maximum atomic E-state index is 13.1. The number of hydrogen-bond donors (Lipinski definition) is 2. The predicted octanol–water partition coefficient (Wildman–Crippen LogP) is 1.78. The first-order chi connectivity index (χ1) is 9.97. The Balaban J connectivity index is 1.88. The summed E-state index contributed by atoms with van der Waals surface area (Å²) in [6.45, 7) is 1.80. The highest BCUT2D eigenvalue weighted by Gasteiger charge is 2.25. The Hall–Kier alpha value is -1.95. The summed E-state index contributed by atoms with van der Waals surface area (Å²) in [5.41, 5.74) is 5.80. The van der Waals surface area contributed by atoms with Gasteiger partial charge in [0.15, 0.2) is 5.78 Å². The number of anilines is 1. The minimum atomic E-state index is -0.780. The van der Waals surface area contributed by atoms with E-state index >= 15 is 0 Å². The zero-order chi connectivity index (χ0) is 15.4. The molecule has 0 saturated carbocycles. The predicted molar refractivity (Wildman–Crippen MR) is 76.6 cm³/mol. The monoisotopic (exact) mass is 294 g/mol. The molecule has 21 heavy (non-hydrogen) atoms. The molecule has 1 saturated heterocycles. The molecule has 5 nitrogen and oxygen atoms in total. The molecule has 1 aromatic carbocycles. The number of nitrogen functional groups attached to an aromatic ring is 1. The Morgan fingerprint density at radius 2 is 2.19 bits per heavy atom. The largest absolute Gasteiger partial charge is 0.481 e. The molecule has 0 amide bonds. The number of hydrogen-bond acceptors (Lipinski definition) is 4. The summed E-state index contributed by atoms with van der Waals surface area (Å²) < 4.78 is 13.1. The molecule has 0 radical (unpaired) electrons. The third kappa shape index (κ3) is 4.01. The number of carboxylic acids is 1. The topological polar surface area (TPSA) is 83.6 Å². The van der Waals surface area contributed by atoms with Gasteiger partial charge in [0.25, 0.3) is 0 Å². The summed E-state index contributed by atoms with van der Waals surface area (Å²) >= 11 is 0. The van der Waals surface area contributed by atoms with Crippen LogP contribution in [0.15, 0.2) is 18.2 Å². The lowest BCUT2D eigenvalue weighted by Crippen LogP contribution is -2.39. The van der Waals surface area contributed by atoms with E-state index in [2.05, 4.69) is 0 Å². The third-order valence-electron chi connectivity index (χ3n) is 3.83. The number of nitrogens with two attached hydrogens (primary N) is 1. The molecule has 1 fully saturated rings. The number of ketones is 1. The molecule has 1 unspecified atom stereocenters. The highest BCUT2D eigenvalue weighted by molar-refractivity contribution is 5.96. The molecule has 0 aliphatic carbocycles. The maximum absolute atomic E-state index is 13.1. The first kappa shape index (κ1) is 15.4. The zero-order valence-electron chi connectivity index (χ0n) is 11.7. The summed E-state index contributed by atoms with van der Waals surface area (Å²) in [6, 6.07) is 3.95. The van der Waals surface area contributed by atoms with Gasteiger partial charge in [-0.2, -0.15) is 0 Å². The van der Waals surface area contributed by atoms with Gasteiger partial charge in [-0.15, -0.1) is 0 Å². The molecule has 6 heteroatoms. The van der Waals surface area contributed by atoms with Crippen LogP contribution in [0.4, 0.5) is 10.1 Å². The first-order valence-electron chi connectivity index (χ1n) is 7.00. The van der Waals surface area contributed by atoms with Crippen molar-refractivity contribution in [3.63, 3.8) is 0 Å². The van der Waals surface area contributed by atoms with Crippen LogP contribution in [-0.4, -0.2) is 41.4 Å². The summed E-state index contributed by atoms with van der Waals surface area (Å²) in [6.07, 6.45) is 1.79. The van der Waals surface area contributed by atoms with Gasteiger partial charge in [0, 0.05) is 25.1 Å². The molecule has 1 atom stereocenters. The second kappa shape index (κ2) is 6.67. The van der Waals surface area contributed by atoms with Gasteiger partial charge in [0.1, 0.15) is 5.82 Å². The minimum Gasteiger partial charge on any atom is -0.481 e. The van der Waals surface area contributed by atoms with Crippen molar-refractivity contribution in [1.82, 2.24) is 4.90 Å². The van der Waals surface area contributed by atoms with Gasteiger partial charge in [-0.1, -0.05) is 0 Å². The molecular formula is C15H19FN2O3. The van der Waals surface area contributed by atoms with Crippen molar-refractivity contribution in [2.45, 2.75) is 19.3 Å². The van der Waals surface area contributed by atoms with E-state index in [0.717, 1.165) is 13.0 Å². The summed E-state index contributed by atoms with van der Waals surface area (Å²) in [7, 11) is 0. The Bertz CT molecular complexity index is 548. The lowest BCUT2D eigenvalue weighted by molar-refractivity contribution is -0.143. The standard InChI is InChI=1S/C15H19FN2O3/c16-12-4-3-10(8-13(12)17)14(19)5-7-18-6-1-2-11(9-18)15(20)21/h3-4,8,11H,1-2,5-7,9,17H2,(H,20,21). The zero-order valence-corrected chi connectivity index (χ0v) is 11.7. The van der Waals surface area contributed by atoms with E-state index in [9.17, 15) is 14.0 Å². The van der Waals surface area contributed by atoms with Crippen molar-refractivity contribution in [3.05, 3.63) is 29.6 Å². The number of halogens is 1. The average Bonchev–Trinajstić information content (AvgIpc) is 2.48. The molecule has 0 aromatic heterocycles. The number of Topliss-reactive ketones (excluding diaryl/α,β-unsaturated/α-hetero) is 1. The maximum Gasteiger partial charge on any atom is 0.307 e. The number of aliphatic carboxylic acids is 1. The molecule has 1 heterocycles. The number of benzene rings is 1. The van der Waals surface area contributed by atoms with Crippen molar-refractivity contribution in [2.24, 2.45) is 5.92 Å². The van der Waals surface area contributed by atoms with Crippen LogP contribution in [0.1, 0.15) is 29.6 Å². The van der Waals surface area contributed by atoms with Crippen LogP contribution < -0.4 is 5.73 Å². The van der Waals surface area contributed by atoms with E-state index < -0.39 is 11.8 Å². The van der Waals surface area contributed by atoms with Crippen molar-refractivity contribution in [2.75, 3.05) is 25.4 Å². The fourth-order valence-corrected chi connectivity index (χ4v) is 2.58. The number of carbonyl (C=O) groups excluding carboxylic acids is 1. The minimum absolute atomic E-state index is 0.0373. The Labute approximate surface area is 122 Å². The fourth-order valence-electron chi connectivity index (χ4n) is 2.58. The van der Waals surface area contributed by atoms with Crippen molar-refractivity contribution < 1.29 is 19.1 Å². The summed E-state index contributed by atoms with van der Waals surface area (Å²) in [4.78, 5) is 25.0. The van der Waals surface area contributed by atoms with Crippen LogP contribution in [0.2, 0.25) is 0 Å². The number of piperidine rings is 1. The Morgan fingerprint density at radius 3 is 2.86 bits per heavy atom. The lowest BCUT2D eigenvalue weighted by Gasteiger charge is -2.30. The van der Waals surface area contributed by atoms with Gasteiger partial charge >= 0.3 is 5.97 Å². The van der Waals surface area contributed by atoms with E-state index in [1.165, 1.54) is 18.2 Å². The highest BCUT2D eigenvalue weighted by Crippen LogP contribution is 2.18. The van der Waals surface area contributed by atoms with Gasteiger partial charge in [0.05, 0.1) is 11.6 Å². The van der Waals surface area contributed by atoms with E-state index in [4.69, 9.17) is 10.8 Å². The third-order valence-corrected chi connectivity index (χ3v) is 3.83. The smallest absolute Gasteiger partial charge is 0.307 e. The Morgan fingerprint density at radius 1 is 1.43 bits per heavy atom. The van der Waals surface area contributed by atoms with Gasteiger partial charge in [-0.05, 0) is 37.6 Å². The number of rotatable bonds is 5. The van der Waals surface area contributed by atoms with E-state index in [1.54, 1.807) is 0 Å². The lowest BCUT2D eigenvalue weighted by atomic mass is 9.98. The van der Waals surface area contributed by atoms with E-state index in [-0.39, 0.29) is 23.8 Å². The number of carboxylic acid groups (broad SMARTS) is 1.